The SMILES string of the molecule is O=S1(=O)CC[C@@H](N(C[C@H]2CCCO2)S(=O)(=O)c2ccc(F)c(F)c2F)C1. The molecule has 11 heteroatoms. The zero-order valence-corrected chi connectivity index (χ0v) is 15.3. The van der Waals surface area contributed by atoms with Gasteiger partial charge in [-0.2, -0.15) is 4.31 Å². The van der Waals surface area contributed by atoms with Crippen molar-refractivity contribution in [3.05, 3.63) is 29.6 Å². The lowest BCUT2D eigenvalue weighted by Gasteiger charge is -2.29. The molecule has 2 heterocycles. The molecule has 1 aromatic rings. The van der Waals surface area contributed by atoms with Gasteiger partial charge in [-0.1, -0.05) is 0 Å². The highest BCUT2D eigenvalue weighted by Crippen LogP contribution is 2.29. The minimum Gasteiger partial charge on any atom is -0.377 e. The van der Waals surface area contributed by atoms with E-state index in [0.717, 1.165) is 10.7 Å². The van der Waals surface area contributed by atoms with Gasteiger partial charge in [-0.15, -0.1) is 0 Å². The maximum atomic E-state index is 14.1. The van der Waals surface area contributed by atoms with Crippen molar-refractivity contribution in [1.82, 2.24) is 4.31 Å². The molecule has 26 heavy (non-hydrogen) atoms. The minimum atomic E-state index is -4.58. The van der Waals surface area contributed by atoms with E-state index in [1.54, 1.807) is 0 Å². The molecule has 0 amide bonds. The first kappa shape index (κ1) is 19.6. The number of ether oxygens (including phenoxy) is 1. The molecule has 2 aliphatic heterocycles. The quantitative estimate of drug-likeness (QED) is 0.683. The number of sulfonamides is 1. The van der Waals surface area contributed by atoms with Gasteiger partial charge >= 0.3 is 0 Å². The fourth-order valence-corrected chi connectivity index (χ4v) is 6.84. The topological polar surface area (TPSA) is 80.8 Å². The molecule has 2 aliphatic rings. The van der Waals surface area contributed by atoms with Crippen molar-refractivity contribution >= 4 is 19.9 Å². The molecule has 0 bridgehead atoms. The van der Waals surface area contributed by atoms with Crippen molar-refractivity contribution in [2.75, 3.05) is 24.7 Å². The number of halogens is 3. The molecule has 0 aliphatic carbocycles. The van der Waals surface area contributed by atoms with Crippen LogP contribution in [-0.4, -0.2) is 57.9 Å². The van der Waals surface area contributed by atoms with E-state index in [0.29, 0.717) is 25.2 Å². The second-order valence-electron chi connectivity index (χ2n) is 6.44. The standard InChI is InChI=1S/C15H18F3NO5S2/c16-12-3-4-13(15(18)14(12)17)26(22,23)19(8-11-2-1-6-24-11)10-5-7-25(20,21)9-10/h3-4,10-11H,1-2,5-9H2/t10-,11-/m1/s1. The molecule has 2 saturated heterocycles. The van der Waals surface area contributed by atoms with Gasteiger partial charge in [0.05, 0.1) is 17.6 Å². The Morgan fingerprint density at radius 3 is 2.46 bits per heavy atom. The van der Waals surface area contributed by atoms with Crippen LogP contribution in [0.1, 0.15) is 19.3 Å². The monoisotopic (exact) mass is 413 g/mol. The summed E-state index contributed by atoms with van der Waals surface area (Å²) in [5.41, 5.74) is 0. The van der Waals surface area contributed by atoms with Crippen LogP contribution < -0.4 is 0 Å². The molecule has 6 nitrogen and oxygen atoms in total. The van der Waals surface area contributed by atoms with E-state index in [2.05, 4.69) is 0 Å². The summed E-state index contributed by atoms with van der Waals surface area (Å²) < 4.78 is 96.5. The van der Waals surface area contributed by atoms with Crippen molar-refractivity contribution in [3.8, 4) is 0 Å². The highest BCUT2D eigenvalue weighted by molar-refractivity contribution is 7.92. The molecular weight excluding hydrogens is 395 g/mol. The first-order valence-corrected chi connectivity index (χ1v) is 11.4. The molecule has 3 rings (SSSR count). The smallest absolute Gasteiger partial charge is 0.246 e. The van der Waals surface area contributed by atoms with Crippen molar-refractivity contribution in [3.63, 3.8) is 0 Å². The van der Waals surface area contributed by atoms with Crippen LogP contribution in [-0.2, 0) is 24.6 Å². The Morgan fingerprint density at radius 2 is 1.88 bits per heavy atom. The van der Waals surface area contributed by atoms with Gasteiger partial charge < -0.3 is 4.74 Å². The maximum absolute atomic E-state index is 14.1. The van der Waals surface area contributed by atoms with Crippen LogP contribution in [0.5, 0.6) is 0 Å². The predicted octanol–water partition coefficient (Wildman–Crippen LogP) is 1.46. The van der Waals surface area contributed by atoms with E-state index in [4.69, 9.17) is 4.74 Å². The largest absolute Gasteiger partial charge is 0.377 e. The summed E-state index contributed by atoms with van der Waals surface area (Å²) in [4.78, 5) is -1.02. The Hall–Kier alpha value is -1.17. The highest BCUT2D eigenvalue weighted by Gasteiger charge is 2.41. The third-order valence-electron chi connectivity index (χ3n) is 4.61. The molecule has 0 spiro atoms. The van der Waals surface area contributed by atoms with Gasteiger partial charge in [-0.05, 0) is 31.4 Å². The van der Waals surface area contributed by atoms with Gasteiger partial charge in [0, 0.05) is 19.2 Å². The number of sulfone groups is 1. The lowest BCUT2D eigenvalue weighted by Crippen LogP contribution is -2.45. The summed E-state index contributed by atoms with van der Waals surface area (Å²) in [7, 11) is -8.00. The lowest BCUT2D eigenvalue weighted by molar-refractivity contribution is 0.0876. The summed E-state index contributed by atoms with van der Waals surface area (Å²) in [5.74, 6) is -5.79. The fourth-order valence-electron chi connectivity index (χ4n) is 3.27. The third kappa shape index (κ3) is 3.75. The van der Waals surface area contributed by atoms with Gasteiger partial charge in [0.2, 0.25) is 10.0 Å². The molecule has 1 aromatic carbocycles. The number of hydrogen-bond acceptors (Lipinski definition) is 5. The summed E-state index contributed by atoms with van der Waals surface area (Å²) in [6, 6.07) is 0.275. The summed E-state index contributed by atoms with van der Waals surface area (Å²) in [6.45, 7) is 0.280. The first-order chi connectivity index (χ1) is 12.1. The number of benzene rings is 1. The van der Waals surface area contributed by atoms with Crippen LogP contribution in [0.4, 0.5) is 13.2 Å². The molecule has 0 saturated carbocycles. The molecular formula is C15H18F3NO5S2. The number of nitrogens with zero attached hydrogens (tertiary/aromatic N) is 1. The maximum Gasteiger partial charge on any atom is 0.246 e. The van der Waals surface area contributed by atoms with Gasteiger partial charge in [0.15, 0.2) is 27.3 Å². The third-order valence-corrected chi connectivity index (χ3v) is 8.30. The summed E-state index contributed by atoms with van der Waals surface area (Å²) in [6.07, 6.45) is 0.897. The lowest BCUT2D eigenvalue weighted by atomic mass is 10.2. The van der Waals surface area contributed by atoms with E-state index in [9.17, 15) is 30.0 Å². The Labute approximate surface area is 149 Å². The molecule has 2 atom stereocenters. The average Bonchev–Trinajstić information content (AvgIpc) is 3.19. The minimum absolute atomic E-state index is 0.0551. The molecule has 2 fully saturated rings. The van der Waals surface area contributed by atoms with Crippen LogP contribution in [0, 0.1) is 17.5 Å². The number of rotatable bonds is 5. The van der Waals surface area contributed by atoms with Crippen LogP contribution in [0.3, 0.4) is 0 Å². The van der Waals surface area contributed by atoms with E-state index in [1.165, 1.54) is 0 Å². The first-order valence-electron chi connectivity index (χ1n) is 8.09. The van der Waals surface area contributed by atoms with Gasteiger partial charge in [0.25, 0.3) is 0 Å². The van der Waals surface area contributed by atoms with Crippen molar-refractivity contribution in [2.24, 2.45) is 0 Å². The van der Waals surface area contributed by atoms with Gasteiger partial charge in [-0.25, -0.2) is 30.0 Å². The van der Waals surface area contributed by atoms with Crippen LogP contribution in [0.2, 0.25) is 0 Å². The van der Waals surface area contributed by atoms with E-state index in [1.807, 2.05) is 0 Å². The van der Waals surface area contributed by atoms with Crippen molar-refractivity contribution < 1.29 is 34.7 Å². The van der Waals surface area contributed by atoms with Gasteiger partial charge in [-0.3, -0.25) is 0 Å². The Balaban J connectivity index is 2.00. The zero-order valence-electron chi connectivity index (χ0n) is 13.7. The molecule has 0 N–H and O–H groups in total. The molecule has 146 valence electrons. The zero-order chi connectivity index (χ0) is 19.1. The molecule has 0 aromatic heterocycles. The second kappa shape index (κ2) is 7.10. The Morgan fingerprint density at radius 1 is 1.15 bits per heavy atom. The summed E-state index contributed by atoms with van der Waals surface area (Å²) >= 11 is 0. The van der Waals surface area contributed by atoms with Crippen LogP contribution in [0.25, 0.3) is 0 Å². The van der Waals surface area contributed by atoms with Crippen LogP contribution >= 0.6 is 0 Å². The van der Waals surface area contributed by atoms with Crippen LogP contribution in [0.15, 0.2) is 17.0 Å². The highest BCUT2D eigenvalue weighted by atomic mass is 32.2. The van der Waals surface area contributed by atoms with E-state index < -0.39 is 60.1 Å². The van der Waals surface area contributed by atoms with Crippen molar-refractivity contribution in [1.29, 1.82) is 0 Å². The van der Waals surface area contributed by atoms with E-state index in [-0.39, 0.29) is 18.7 Å². The fraction of sp³-hybridized carbons (Fsp3) is 0.600. The second-order valence-corrected chi connectivity index (χ2v) is 10.5. The summed E-state index contributed by atoms with van der Waals surface area (Å²) in [5, 5.41) is 0. The van der Waals surface area contributed by atoms with Gasteiger partial charge in [0.1, 0.15) is 4.90 Å². The number of hydrogen-bond donors (Lipinski definition) is 0. The normalized spacial score (nSPS) is 25.8. The van der Waals surface area contributed by atoms with E-state index >= 15 is 0 Å². The Bertz CT molecular complexity index is 898. The predicted molar refractivity (Wildman–Crippen MR) is 86.2 cm³/mol. The molecule has 0 radical (unpaired) electrons. The Kier molecular flexibility index (Phi) is 5.35. The molecule has 0 unspecified atom stereocenters. The average molecular weight is 413 g/mol. The van der Waals surface area contributed by atoms with Crippen molar-refractivity contribution in [2.45, 2.75) is 36.3 Å².